The molecule has 0 aliphatic carbocycles. The van der Waals surface area contributed by atoms with Crippen LogP contribution < -0.4 is 10.2 Å². The summed E-state index contributed by atoms with van der Waals surface area (Å²) >= 11 is 0. The molecule has 0 radical (unpaired) electrons. The molecule has 0 saturated carbocycles. The average Bonchev–Trinajstić information content (AvgIpc) is 2.73. The number of carbonyl (C=O) groups excluding carboxylic acids is 2. The summed E-state index contributed by atoms with van der Waals surface area (Å²) in [5.41, 5.74) is 1.54. The molecule has 2 N–H and O–H groups in total. The summed E-state index contributed by atoms with van der Waals surface area (Å²) in [6.45, 7) is 11.5. The van der Waals surface area contributed by atoms with Gasteiger partial charge in [0.15, 0.2) is 0 Å². The second-order valence-electron chi connectivity index (χ2n) is 8.77. The molecule has 0 bridgehead atoms. The van der Waals surface area contributed by atoms with E-state index in [9.17, 15) is 14.4 Å². The zero-order chi connectivity index (χ0) is 20.6. The minimum absolute atomic E-state index is 0.0240. The molecule has 0 atom stereocenters. The summed E-state index contributed by atoms with van der Waals surface area (Å²) < 4.78 is 0. The van der Waals surface area contributed by atoms with E-state index >= 15 is 0 Å². The molecule has 1 aliphatic rings. The summed E-state index contributed by atoms with van der Waals surface area (Å²) in [6.07, 6.45) is 0.297. The van der Waals surface area contributed by atoms with Crippen molar-refractivity contribution in [2.45, 2.75) is 71.3 Å². The molecule has 6 nitrogen and oxygen atoms in total. The molecular weight excluding hydrogens is 344 g/mol. The van der Waals surface area contributed by atoms with E-state index < -0.39 is 16.9 Å². The third kappa shape index (κ3) is 4.49. The zero-order valence-electron chi connectivity index (χ0n) is 17.0. The van der Waals surface area contributed by atoms with Crippen LogP contribution in [0.3, 0.4) is 0 Å². The number of anilines is 1. The number of nitrogens with zero attached hydrogens (tertiary/aromatic N) is 1. The number of fused-ring (bicyclic) bond motifs is 1. The largest absolute Gasteiger partial charge is 0.481 e. The van der Waals surface area contributed by atoms with Crippen LogP contribution in [0.1, 0.15) is 71.4 Å². The van der Waals surface area contributed by atoms with Crippen molar-refractivity contribution in [3.8, 4) is 0 Å². The van der Waals surface area contributed by atoms with Gasteiger partial charge in [0.25, 0.3) is 0 Å². The standard InChI is InChI=1S/C21H30N2O4/c1-13(2)14-7-8-16-15(11-14)21(5,6)19(27)23(16)12-17(24)22-20(3,4)10-9-18(25)26/h7-8,11,13H,9-10,12H2,1-6H3,(H,22,24)(H,25,26). The molecule has 1 aromatic carbocycles. The van der Waals surface area contributed by atoms with Crippen LogP contribution in [-0.4, -0.2) is 35.0 Å². The molecule has 1 aromatic rings. The maximum atomic E-state index is 12.9. The molecule has 0 saturated heterocycles. The summed E-state index contributed by atoms with van der Waals surface area (Å²) in [5, 5.41) is 11.7. The van der Waals surface area contributed by atoms with E-state index in [1.54, 1.807) is 13.8 Å². The first-order chi connectivity index (χ1) is 12.3. The molecule has 1 heterocycles. The van der Waals surface area contributed by atoms with Gasteiger partial charge >= 0.3 is 5.97 Å². The Kier molecular flexibility index (Phi) is 5.68. The highest BCUT2D eigenvalue weighted by Gasteiger charge is 2.44. The molecule has 2 rings (SSSR count). The minimum atomic E-state index is -0.899. The summed E-state index contributed by atoms with van der Waals surface area (Å²) in [4.78, 5) is 37.8. The van der Waals surface area contributed by atoms with Gasteiger partial charge < -0.3 is 15.3 Å². The Bertz CT molecular complexity index is 765. The lowest BCUT2D eigenvalue weighted by Gasteiger charge is -2.27. The monoisotopic (exact) mass is 374 g/mol. The van der Waals surface area contributed by atoms with Crippen molar-refractivity contribution in [2.75, 3.05) is 11.4 Å². The Hall–Kier alpha value is -2.37. The number of benzene rings is 1. The Morgan fingerprint density at radius 3 is 2.44 bits per heavy atom. The molecule has 0 unspecified atom stereocenters. The Morgan fingerprint density at radius 2 is 1.89 bits per heavy atom. The number of hydrogen-bond donors (Lipinski definition) is 2. The van der Waals surface area contributed by atoms with Crippen LogP contribution in [0.25, 0.3) is 0 Å². The van der Waals surface area contributed by atoms with Crippen LogP contribution in [0, 0.1) is 0 Å². The van der Waals surface area contributed by atoms with Crippen LogP contribution in [0.4, 0.5) is 5.69 Å². The van der Waals surface area contributed by atoms with Crippen molar-refractivity contribution in [1.82, 2.24) is 5.32 Å². The summed E-state index contributed by atoms with van der Waals surface area (Å²) in [6, 6.07) is 5.98. The van der Waals surface area contributed by atoms with Gasteiger partial charge in [-0.05, 0) is 57.2 Å². The van der Waals surface area contributed by atoms with Crippen LogP contribution in [0.2, 0.25) is 0 Å². The third-order valence-electron chi connectivity index (χ3n) is 5.17. The maximum Gasteiger partial charge on any atom is 0.303 e. The number of amides is 2. The fourth-order valence-corrected chi connectivity index (χ4v) is 3.41. The lowest BCUT2D eigenvalue weighted by Crippen LogP contribution is -2.49. The van der Waals surface area contributed by atoms with Gasteiger partial charge in [-0.3, -0.25) is 14.4 Å². The summed E-state index contributed by atoms with van der Waals surface area (Å²) in [5.74, 6) is -0.940. The number of aliphatic carboxylic acids is 1. The first-order valence-electron chi connectivity index (χ1n) is 9.34. The second-order valence-corrected chi connectivity index (χ2v) is 8.77. The lowest BCUT2D eigenvalue weighted by molar-refractivity contribution is -0.137. The van der Waals surface area contributed by atoms with E-state index in [2.05, 4.69) is 25.2 Å². The number of rotatable bonds is 7. The van der Waals surface area contributed by atoms with Crippen molar-refractivity contribution in [2.24, 2.45) is 0 Å². The fraction of sp³-hybridized carbons (Fsp3) is 0.571. The normalized spacial score (nSPS) is 15.8. The molecule has 6 heteroatoms. The molecule has 148 valence electrons. The number of carboxylic acids is 1. The number of carbonyl (C=O) groups is 3. The maximum absolute atomic E-state index is 12.9. The van der Waals surface area contributed by atoms with E-state index in [1.807, 2.05) is 26.0 Å². The third-order valence-corrected chi connectivity index (χ3v) is 5.17. The van der Waals surface area contributed by atoms with Gasteiger partial charge in [0.2, 0.25) is 11.8 Å². The molecule has 2 amide bonds. The van der Waals surface area contributed by atoms with Crippen molar-refractivity contribution >= 4 is 23.5 Å². The van der Waals surface area contributed by atoms with Gasteiger partial charge in [-0.15, -0.1) is 0 Å². The summed E-state index contributed by atoms with van der Waals surface area (Å²) in [7, 11) is 0. The van der Waals surface area contributed by atoms with E-state index in [0.717, 1.165) is 16.8 Å². The fourth-order valence-electron chi connectivity index (χ4n) is 3.41. The smallest absolute Gasteiger partial charge is 0.303 e. The van der Waals surface area contributed by atoms with Crippen molar-refractivity contribution in [3.05, 3.63) is 29.3 Å². The molecule has 27 heavy (non-hydrogen) atoms. The zero-order valence-corrected chi connectivity index (χ0v) is 17.0. The van der Waals surface area contributed by atoms with Crippen LogP contribution in [0.15, 0.2) is 18.2 Å². The average molecular weight is 374 g/mol. The molecule has 1 aliphatic heterocycles. The molecule has 0 aromatic heterocycles. The van der Waals surface area contributed by atoms with Crippen LogP contribution in [0.5, 0.6) is 0 Å². The van der Waals surface area contributed by atoms with Gasteiger partial charge in [-0.1, -0.05) is 26.0 Å². The lowest BCUT2D eigenvalue weighted by atomic mass is 9.84. The highest BCUT2D eigenvalue weighted by Crippen LogP contribution is 2.42. The van der Waals surface area contributed by atoms with Gasteiger partial charge in [-0.2, -0.15) is 0 Å². The Balaban J connectivity index is 2.19. The van der Waals surface area contributed by atoms with Gasteiger partial charge in [0.1, 0.15) is 6.54 Å². The van der Waals surface area contributed by atoms with Gasteiger partial charge in [0, 0.05) is 17.6 Å². The predicted octanol–water partition coefficient (Wildman–Crippen LogP) is 3.19. The predicted molar refractivity (Wildman–Crippen MR) is 105 cm³/mol. The number of carboxylic acid groups (broad SMARTS) is 1. The first-order valence-corrected chi connectivity index (χ1v) is 9.34. The number of nitrogens with one attached hydrogen (secondary N) is 1. The van der Waals surface area contributed by atoms with E-state index in [0.29, 0.717) is 12.3 Å². The molecule has 0 fully saturated rings. The van der Waals surface area contributed by atoms with Gasteiger partial charge in [0.05, 0.1) is 5.41 Å². The van der Waals surface area contributed by atoms with Crippen molar-refractivity contribution in [3.63, 3.8) is 0 Å². The van der Waals surface area contributed by atoms with Crippen LogP contribution >= 0.6 is 0 Å². The van der Waals surface area contributed by atoms with Crippen LogP contribution in [-0.2, 0) is 19.8 Å². The minimum Gasteiger partial charge on any atom is -0.481 e. The quantitative estimate of drug-likeness (QED) is 0.767. The first kappa shape index (κ1) is 20.9. The topological polar surface area (TPSA) is 86.7 Å². The highest BCUT2D eigenvalue weighted by atomic mass is 16.4. The van der Waals surface area contributed by atoms with E-state index in [4.69, 9.17) is 5.11 Å². The molecule has 0 spiro atoms. The van der Waals surface area contributed by atoms with E-state index in [1.165, 1.54) is 4.90 Å². The van der Waals surface area contributed by atoms with E-state index in [-0.39, 0.29) is 24.8 Å². The van der Waals surface area contributed by atoms with Gasteiger partial charge in [-0.25, -0.2) is 0 Å². The Labute approximate surface area is 160 Å². The highest BCUT2D eigenvalue weighted by molar-refractivity contribution is 6.10. The Morgan fingerprint density at radius 1 is 1.26 bits per heavy atom. The second kappa shape index (κ2) is 7.33. The molecular formula is C21H30N2O4. The van der Waals surface area contributed by atoms with Crippen molar-refractivity contribution in [1.29, 1.82) is 0 Å². The van der Waals surface area contributed by atoms with Crippen molar-refractivity contribution < 1.29 is 19.5 Å². The SMILES string of the molecule is CC(C)c1ccc2c(c1)C(C)(C)C(=O)N2CC(=O)NC(C)(C)CCC(=O)O. The number of hydrogen-bond acceptors (Lipinski definition) is 3.